The zero-order valence-electron chi connectivity index (χ0n) is 16.1. The number of rotatable bonds is 1. The summed E-state index contributed by atoms with van der Waals surface area (Å²) in [5.74, 6) is 6.08. The Balaban J connectivity index is 0.00000102. The van der Waals surface area contributed by atoms with Gasteiger partial charge in [-0.15, -0.1) is 0 Å². The molecule has 2 aromatic rings. The van der Waals surface area contributed by atoms with Gasteiger partial charge in [-0.2, -0.15) is 0 Å². The summed E-state index contributed by atoms with van der Waals surface area (Å²) < 4.78 is 13.2. The Labute approximate surface area is 160 Å². The Morgan fingerprint density at radius 3 is 2.59 bits per heavy atom. The van der Waals surface area contributed by atoms with E-state index >= 15 is 0 Å². The molecule has 3 atom stereocenters. The van der Waals surface area contributed by atoms with Gasteiger partial charge in [0.15, 0.2) is 0 Å². The van der Waals surface area contributed by atoms with Crippen LogP contribution in [0.25, 0.3) is 0 Å². The predicted octanol–water partition coefficient (Wildman–Crippen LogP) is 4.37. The van der Waals surface area contributed by atoms with Crippen molar-refractivity contribution in [3.8, 4) is 11.8 Å². The van der Waals surface area contributed by atoms with E-state index in [0.717, 1.165) is 24.1 Å². The number of carbonyl (C=O) groups is 1. The maximum absolute atomic E-state index is 13.2. The summed E-state index contributed by atoms with van der Waals surface area (Å²) in [4.78, 5) is 19.0. The molecule has 0 radical (unpaired) electrons. The normalized spacial score (nSPS) is 23.2. The fraction of sp³-hybridized carbons (Fsp3) is 0.391. The summed E-state index contributed by atoms with van der Waals surface area (Å²) in [6.45, 7) is 4.00. The van der Waals surface area contributed by atoms with E-state index in [0.29, 0.717) is 17.5 Å². The van der Waals surface area contributed by atoms with Gasteiger partial charge in [0.2, 0.25) is 5.91 Å². The van der Waals surface area contributed by atoms with Crippen LogP contribution in [0.2, 0.25) is 0 Å². The molecule has 2 fully saturated rings. The molecule has 1 amide bonds. The summed E-state index contributed by atoms with van der Waals surface area (Å²) in [5.41, 5.74) is 2.22. The van der Waals surface area contributed by atoms with E-state index < -0.39 is 0 Å². The Kier molecular flexibility index (Phi) is 5.91. The highest BCUT2D eigenvalue weighted by molar-refractivity contribution is 5.86. The monoisotopic (exact) mass is 364 g/mol. The second-order valence-electron chi connectivity index (χ2n) is 6.82. The lowest BCUT2D eigenvalue weighted by Crippen LogP contribution is -2.29. The molecule has 2 aliphatic rings. The van der Waals surface area contributed by atoms with Crippen LogP contribution in [0.15, 0.2) is 42.6 Å². The van der Waals surface area contributed by atoms with Crippen molar-refractivity contribution in [2.24, 2.45) is 5.92 Å². The first-order valence-electron chi connectivity index (χ1n) is 9.64. The van der Waals surface area contributed by atoms with Crippen LogP contribution in [0, 0.1) is 23.6 Å². The molecule has 0 bridgehead atoms. The second kappa shape index (κ2) is 8.35. The molecule has 140 valence electrons. The van der Waals surface area contributed by atoms with E-state index in [2.05, 4.69) is 16.8 Å². The lowest BCUT2D eigenvalue weighted by Gasteiger charge is -2.17. The highest BCUT2D eigenvalue weighted by atomic mass is 19.1. The average molecular weight is 364 g/mol. The highest BCUT2D eigenvalue weighted by Gasteiger charge is 2.49. The summed E-state index contributed by atoms with van der Waals surface area (Å²) in [6.07, 6.45) is 5.08. The molecule has 1 aromatic carbocycles. The van der Waals surface area contributed by atoms with Gasteiger partial charge >= 0.3 is 0 Å². The number of hydrogen-bond donors (Lipinski definition) is 0. The zero-order valence-corrected chi connectivity index (χ0v) is 16.1. The zero-order chi connectivity index (χ0) is 19.4. The Morgan fingerprint density at radius 1 is 1.11 bits per heavy atom. The van der Waals surface area contributed by atoms with Crippen molar-refractivity contribution in [3.05, 3.63) is 65.2 Å². The molecular formula is C23H25FN2O. The third-order valence-corrected chi connectivity index (χ3v) is 5.35. The Hall–Kier alpha value is -2.67. The Morgan fingerprint density at radius 2 is 1.89 bits per heavy atom. The van der Waals surface area contributed by atoms with Crippen molar-refractivity contribution in [1.82, 2.24) is 9.88 Å². The van der Waals surface area contributed by atoms with Gasteiger partial charge in [0.1, 0.15) is 5.82 Å². The van der Waals surface area contributed by atoms with Crippen molar-refractivity contribution in [3.63, 3.8) is 0 Å². The molecule has 1 saturated heterocycles. The van der Waals surface area contributed by atoms with Crippen LogP contribution < -0.4 is 0 Å². The second-order valence-corrected chi connectivity index (χ2v) is 6.82. The van der Waals surface area contributed by atoms with Gasteiger partial charge in [0.25, 0.3) is 0 Å². The van der Waals surface area contributed by atoms with E-state index in [9.17, 15) is 9.18 Å². The Bertz CT molecular complexity index is 866. The number of nitrogens with zero attached hydrogens (tertiary/aromatic N) is 2. The van der Waals surface area contributed by atoms with Crippen molar-refractivity contribution in [2.45, 2.75) is 45.1 Å². The van der Waals surface area contributed by atoms with Gasteiger partial charge < -0.3 is 4.90 Å². The minimum absolute atomic E-state index is 0.122. The number of pyridine rings is 1. The number of carbonyl (C=O) groups excluding carboxylic acids is 1. The average Bonchev–Trinajstić information content (AvgIpc) is 3.25. The molecule has 3 nitrogen and oxygen atoms in total. The number of benzene rings is 1. The number of likely N-dealkylation sites (tertiary alicyclic amines) is 1. The largest absolute Gasteiger partial charge is 0.342 e. The first-order valence-corrected chi connectivity index (χ1v) is 9.64. The summed E-state index contributed by atoms with van der Waals surface area (Å²) in [6, 6.07) is 10.4. The number of likely N-dealkylation sites (N-methyl/N-ethyl adjacent to an activating group) is 1. The summed E-state index contributed by atoms with van der Waals surface area (Å²) in [7, 11) is 1.91. The minimum Gasteiger partial charge on any atom is -0.342 e. The molecule has 3 unspecified atom stereocenters. The van der Waals surface area contributed by atoms with Crippen molar-refractivity contribution < 1.29 is 9.18 Å². The maximum atomic E-state index is 13.2. The summed E-state index contributed by atoms with van der Waals surface area (Å²) in [5, 5.41) is 0. The van der Waals surface area contributed by atoms with E-state index in [-0.39, 0.29) is 17.6 Å². The predicted molar refractivity (Wildman–Crippen MR) is 105 cm³/mol. The van der Waals surface area contributed by atoms with Crippen LogP contribution in [0.3, 0.4) is 0 Å². The first-order chi connectivity index (χ1) is 13.1. The molecular weight excluding hydrogens is 339 g/mol. The molecule has 1 aromatic heterocycles. The molecule has 1 aliphatic carbocycles. The standard InChI is InChI=1S/C21H19FN2O.C2H6/c1-24-19-7-3-6-17(19)20(21(24)25)18-11-10-15(13-23-18)9-8-14-4-2-5-16(22)12-14;1-2/h2,4-5,10-13,17,19-20H,3,6-7H2,1H3;1-2H3. The number of hydrogen-bond acceptors (Lipinski definition) is 2. The highest BCUT2D eigenvalue weighted by Crippen LogP contribution is 2.45. The lowest BCUT2D eigenvalue weighted by atomic mass is 9.89. The van der Waals surface area contributed by atoms with Crippen LogP contribution >= 0.6 is 0 Å². The molecule has 4 heteroatoms. The van der Waals surface area contributed by atoms with E-state index in [1.54, 1.807) is 18.3 Å². The molecule has 0 N–H and O–H groups in total. The van der Waals surface area contributed by atoms with Crippen LogP contribution in [0.1, 0.15) is 55.8 Å². The number of aromatic nitrogens is 1. The van der Waals surface area contributed by atoms with Crippen LogP contribution in [-0.2, 0) is 4.79 Å². The molecule has 2 heterocycles. The summed E-state index contributed by atoms with van der Waals surface area (Å²) >= 11 is 0. The van der Waals surface area contributed by atoms with Crippen LogP contribution in [0.4, 0.5) is 4.39 Å². The van der Waals surface area contributed by atoms with Crippen molar-refractivity contribution in [1.29, 1.82) is 0 Å². The van der Waals surface area contributed by atoms with Crippen LogP contribution in [0.5, 0.6) is 0 Å². The molecule has 1 saturated carbocycles. The third kappa shape index (κ3) is 3.88. The van der Waals surface area contributed by atoms with Gasteiger partial charge in [0.05, 0.1) is 11.6 Å². The third-order valence-electron chi connectivity index (χ3n) is 5.35. The number of fused-ring (bicyclic) bond motifs is 1. The molecule has 27 heavy (non-hydrogen) atoms. The van der Waals surface area contributed by atoms with E-state index in [4.69, 9.17) is 0 Å². The van der Waals surface area contributed by atoms with Crippen molar-refractivity contribution in [2.75, 3.05) is 7.05 Å². The van der Waals surface area contributed by atoms with Gasteiger partial charge in [-0.3, -0.25) is 9.78 Å². The van der Waals surface area contributed by atoms with Gasteiger partial charge in [0, 0.05) is 30.4 Å². The fourth-order valence-corrected chi connectivity index (χ4v) is 4.12. The van der Waals surface area contributed by atoms with Crippen molar-refractivity contribution >= 4 is 5.91 Å². The van der Waals surface area contributed by atoms with Gasteiger partial charge in [-0.05, 0) is 49.1 Å². The number of amides is 1. The van der Waals surface area contributed by atoms with Gasteiger partial charge in [-0.1, -0.05) is 38.2 Å². The molecule has 4 rings (SSSR count). The smallest absolute Gasteiger partial charge is 0.232 e. The van der Waals surface area contributed by atoms with E-state index in [1.807, 2.05) is 37.9 Å². The first kappa shape index (κ1) is 19.1. The maximum Gasteiger partial charge on any atom is 0.232 e. The van der Waals surface area contributed by atoms with Gasteiger partial charge in [-0.25, -0.2) is 4.39 Å². The molecule has 1 aliphatic heterocycles. The lowest BCUT2D eigenvalue weighted by molar-refractivity contribution is -0.129. The quantitative estimate of drug-likeness (QED) is 0.704. The SMILES string of the molecule is CC.CN1C(=O)C(c2ccc(C#Cc3cccc(F)c3)cn2)C2CCCC21. The number of halogens is 1. The fourth-order valence-electron chi connectivity index (χ4n) is 4.12. The van der Waals surface area contributed by atoms with E-state index in [1.165, 1.54) is 18.6 Å². The minimum atomic E-state index is -0.296. The molecule has 0 spiro atoms. The van der Waals surface area contributed by atoms with Crippen LogP contribution in [-0.4, -0.2) is 28.9 Å². The topological polar surface area (TPSA) is 33.2 Å².